The molecular weight excluding hydrogens is 408 g/mol. The van der Waals surface area contributed by atoms with Crippen molar-refractivity contribution < 1.29 is 23.5 Å². The minimum Gasteiger partial charge on any atom is -0.451 e. The van der Waals surface area contributed by atoms with Crippen molar-refractivity contribution in [3.63, 3.8) is 0 Å². The number of benzene rings is 3. The van der Waals surface area contributed by atoms with Crippen LogP contribution in [-0.2, 0) is 16.0 Å². The first-order valence-electron chi connectivity index (χ1n) is 10.0. The van der Waals surface area contributed by atoms with Gasteiger partial charge in [0.15, 0.2) is 16.8 Å². The van der Waals surface area contributed by atoms with Crippen LogP contribution in [0.4, 0.5) is 0 Å². The normalized spacial score (nSPS) is 10.7. The van der Waals surface area contributed by atoms with Gasteiger partial charge in [0.05, 0.1) is 5.39 Å². The monoisotopic (exact) mass is 428 g/mol. The van der Waals surface area contributed by atoms with Crippen molar-refractivity contribution in [1.82, 2.24) is 0 Å². The first kappa shape index (κ1) is 21.1. The lowest BCUT2D eigenvalue weighted by atomic mass is 9.98. The minimum absolute atomic E-state index is 0.00169. The van der Waals surface area contributed by atoms with Crippen LogP contribution in [0.15, 0.2) is 82.0 Å². The highest BCUT2D eigenvalue weighted by Crippen LogP contribution is 2.38. The van der Waals surface area contributed by atoms with Crippen LogP contribution in [0, 0.1) is 0 Å². The highest BCUT2D eigenvalue weighted by Gasteiger charge is 2.23. The topological polar surface area (TPSA) is 82.8 Å². The van der Waals surface area contributed by atoms with Gasteiger partial charge in [0, 0.05) is 31.4 Å². The van der Waals surface area contributed by atoms with E-state index in [1.54, 1.807) is 0 Å². The van der Waals surface area contributed by atoms with Gasteiger partial charge in [-0.3, -0.25) is 14.4 Å². The van der Waals surface area contributed by atoms with Crippen molar-refractivity contribution in [2.75, 3.05) is 0 Å². The van der Waals surface area contributed by atoms with Crippen molar-refractivity contribution in [2.45, 2.75) is 20.3 Å². The van der Waals surface area contributed by atoms with Gasteiger partial charge in [-0.25, -0.2) is 0 Å². The summed E-state index contributed by atoms with van der Waals surface area (Å²) >= 11 is 0. The number of carbonyl (C=O) groups is 2. The van der Waals surface area contributed by atoms with Crippen molar-refractivity contribution in [2.24, 2.45) is 0 Å². The highest BCUT2D eigenvalue weighted by atomic mass is 16.6. The maximum atomic E-state index is 13.6. The number of ether oxygens (including phenoxy) is 2. The van der Waals surface area contributed by atoms with E-state index in [1.807, 2.05) is 60.7 Å². The molecule has 0 unspecified atom stereocenters. The van der Waals surface area contributed by atoms with Crippen molar-refractivity contribution in [1.29, 1.82) is 0 Å². The number of rotatable bonds is 5. The minimum atomic E-state index is -0.636. The molecule has 6 nitrogen and oxygen atoms in total. The zero-order valence-electron chi connectivity index (χ0n) is 17.6. The summed E-state index contributed by atoms with van der Waals surface area (Å²) in [4.78, 5) is 36.9. The maximum Gasteiger partial charge on any atom is 0.308 e. The molecule has 32 heavy (non-hydrogen) atoms. The third-order valence-electron chi connectivity index (χ3n) is 4.83. The zero-order chi connectivity index (χ0) is 22.7. The second-order valence-corrected chi connectivity index (χ2v) is 7.22. The van der Waals surface area contributed by atoms with Gasteiger partial charge in [-0.15, -0.1) is 0 Å². The molecular formula is C26H20O6. The summed E-state index contributed by atoms with van der Waals surface area (Å²) in [5.74, 6) is -0.975. The van der Waals surface area contributed by atoms with Crippen molar-refractivity contribution in [3.8, 4) is 22.8 Å². The van der Waals surface area contributed by atoms with Crippen molar-refractivity contribution in [3.05, 3.63) is 94.1 Å². The number of hydrogen-bond acceptors (Lipinski definition) is 6. The molecule has 0 aliphatic carbocycles. The van der Waals surface area contributed by atoms with Crippen LogP contribution >= 0.6 is 0 Å². The summed E-state index contributed by atoms with van der Waals surface area (Å²) in [7, 11) is 0. The van der Waals surface area contributed by atoms with E-state index in [-0.39, 0.29) is 27.9 Å². The molecule has 0 radical (unpaired) electrons. The Morgan fingerprint density at radius 2 is 1.44 bits per heavy atom. The Morgan fingerprint density at radius 3 is 2.06 bits per heavy atom. The molecule has 0 fully saturated rings. The lowest BCUT2D eigenvalue weighted by molar-refractivity contribution is -0.134. The molecule has 0 bridgehead atoms. The van der Waals surface area contributed by atoms with Gasteiger partial charge in [0.1, 0.15) is 5.76 Å². The van der Waals surface area contributed by atoms with Crippen LogP contribution in [0.2, 0.25) is 0 Å². The van der Waals surface area contributed by atoms with E-state index in [0.29, 0.717) is 23.3 Å². The quantitative estimate of drug-likeness (QED) is 0.332. The molecule has 0 amide bonds. The Labute approximate surface area is 184 Å². The summed E-state index contributed by atoms with van der Waals surface area (Å²) in [6, 6.07) is 21.7. The SMILES string of the molecule is CC(=O)Oc1ccc2c(=O)c(Cc3ccccc3)c(-c3ccccc3)oc2c1OC(C)=O. The molecule has 0 atom stereocenters. The molecule has 0 saturated heterocycles. The van der Waals surface area contributed by atoms with Crippen molar-refractivity contribution >= 4 is 22.9 Å². The van der Waals surface area contributed by atoms with Crippen LogP contribution in [0.25, 0.3) is 22.3 Å². The first-order chi connectivity index (χ1) is 15.4. The molecule has 1 heterocycles. The molecule has 4 aromatic rings. The summed E-state index contributed by atoms with van der Waals surface area (Å²) < 4.78 is 16.7. The smallest absolute Gasteiger partial charge is 0.308 e. The van der Waals surface area contributed by atoms with Gasteiger partial charge in [-0.2, -0.15) is 0 Å². The summed E-state index contributed by atoms with van der Waals surface area (Å²) in [6.07, 6.45) is 0.359. The Balaban J connectivity index is 2.03. The van der Waals surface area contributed by atoms with E-state index in [4.69, 9.17) is 13.9 Å². The fourth-order valence-electron chi connectivity index (χ4n) is 3.51. The van der Waals surface area contributed by atoms with E-state index in [9.17, 15) is 14.4 Å². The number of fused-ring (bicyclic) bond motifs is 1. The Kier molecular flexibility index (Phi) is 5.85. The third kappa shape index (κ3) is 4.30. The van der Waals surface area contributed by atoms with Gasteiger partial charge < -0.3 is 13.9 Å². The molecule has 0 N–H and O–H groups in total. The molecule has 0 aliphatic rings. The summed E-state index contributed by atoms with van der Waals surface area (Å²) in [6.45, 7) is 2.45. The fraction of sp³-hybridized carbons (Fsp3) is 0.115. The molecule has 1 aromatic heterocycles. The van der Waals surface area contributed by atoms with E-state index < -0.39 is 11.9 Å². The maximum absolute atomic E-state index is 13.6. The second kappa shape index (κ2) is 8.89. The Morgan fingerprint density at radius 1 is 0.812 bits per heavy atom. The highest BCUT2D eigenvalue weighted by molar-refractivity contribution is 5.91. The van der Waals surface area contributed by atoms with Crippen LogP contribution in [0.5, 0.6) is 11.5 Å². The molecule has 160 valence electrons. The summed E-state index contributed by atoms with van der Waals surface area (Å²) in [5.41, 5.74) is 1.91. The Hall–Kier alpha value is -4.19. The van der Waals surface area contributed by atoms with Gasteiger partial charge >= 0.3 is 11.9 Å². The van der Waals surface area contributed by atoms with Gasteiger partial charge in [-0.1, -0.05) is 60.7 Å². The van der Waals surface area contributed by atoms with Crippen LogP contribution in [0.3, 0.4) is 0 Å². The number of esters is 2. The van der Waals surface area contributed by atoms with Crippen LogP contribution in [0.1, 0.15) is 25.0 Å². The van der Waals surface area contributed by atoms with E-state index in [1.165, 1.54) is 26.0 Å². The second-order valence-electron chi connectivity index (χ2n) is 7.22. The summed E-state index contributed by atoms with van der Waals surface area (Å²) in [5, 5.41) is 0.225. The largest absolute Gasteiger partial charge is 0.451 e. The Bertz CT molecular complexity index is 1350. The average molecular weight is 428 g/mol. The molecule has 0 aliphatic heterocycles. The predicted octanol–water partition coefficient (Wildman–Crippen LogP) is 4.90. The predicted molar refractivity (Wildman–Crippen MR) is 120 cm³/mol. The lowest BCUT2D eigenvalue weighted by Crippen LogP contribution is -2.14. The average Bonchev–Trinajstić information content (AvgIpc) is 2.78. The van der Waals surface area contributed by atoms with Crippen LogP contribution < -0.4 is 14.9 Å². The van der Waals surface area contributed by atoms with Gasteiger partial charge in [0.25, 0.3) is 0 Å². The number of carbonyl (C=O) groups excluding carboxylic acids is 2. The van der Waals surface area contributed by atoms with E-state index in [0.717, 1.165) is 5.56 Å². The molecule has 0 spiro atoms. The molecule has 3 aromatic carbocycles. The van der Waals surface area contributed by atoms with Gasteiger partial charge in [0.2, 0.25) is 5.75 Å². The third-order valence-corrected chi connectivity index (χ3v) is 4.83. The fourth-order valence-corrected chi connectivity index (χ4v) is 3.51. The molecule has 6 heteroatoms. The van der Waals surface area contributed by atoms with E-state index in [2.05, 4.69) is 0 Å². The lowest BCUT2D eigenvalue weighted by Gasteiger charge is -2.14. The van der Waals surface area contributed by atoms with Gasteiger partial charge in [-0.05, 0) is 17.7 Å². The standard InChI is InChI=1S/C26H20O6/c1-16(27)30-22-14-13-20-23(29)21(15-18-9-5-3-6-10-18)24(19-11-7-4-8-12-19)32-25(20)26(22)31-17(2)28/h3-14H,15H2,1-2H3. The first-order valence-corrected chi connectivity index (χ1v) is 10.0. The number of hydrogen-bond donors (Lipinski definition) is 0. The van der Waals surface area contributed by atoms with Crippen LogP contribution in [-0.4, -0.2) is 11.9 Å². The zero-order valence-corrected chi connectivity index (χ0v) is 17.6. The molecule has 4 rings (SSSR count). The van der Waals surface area contributed by atoms with E-state index >= 15 is 0 Å². The molecule has 0 saturated carbocycles.